The predicted octanol–water partition coefficient (Wildman–Crippen LogP) is 2.66. The molecule has 0 spiro atoms. The summed E-state index contributed by atoms with van der Waals surface area (Å²) in [4.78, 5) is 2.73. The number of likely N-dealkylation sites (tertiary alicyclic amines) is 1. The summed E-state index contributed by atoms with van der Waals surface area (Å²) in [6.45, 7) is 13.7. The molecule has 2 fully saturated rings. The highest BCUT2D eigenvalue weighted by Gasteiger charge is 2.48. The van der Waals surface area contributed by atoms with Gasteiger partial charge in [0.05, 0.1) is 0 Å². The van der Waals surface area contributed by atoms with Crippen molar-refractivity contribution in [3.63, 3.8) is 0 Å². The van der Waals surface area contributed by atoms with Gasteiger partial charge in [0.2, 0.25) is 0 Å². The van der Waals surface area contributed by atoms with E-state index >= 15 is 0 Å². The fourth-order valence-electron chi connectivity index (χ4n) is 3.65. The van der Waals surface area contributed by atoms with E-state index in [9.17, 15) is 0 Å². The van der Waals surface area contributed by atoms with Gasteiger partial charge in [-0.1, -0.05) is 12.5 Å². The Bertz CT molecular complexity index is 260. The summed E-state index contributed by atoms with van der Waals surface area (Å²) in [5.74, 6) is 1.77. The Balaban J connectivity index is 1.76. The van der Waals surface area contributed by atoms with Crippen molar-refractivity contribution in [3.8, 4) is 0 Å². The average Bonchev–Trinajstić information content (AvgIpc) is 2.83. The Morgan fingerprint density at radius 2 is 2.12 bits per heavy atom. The summed E-state index contributed by atoms with van der Waals surface area (Å²) in [6.07, 6.45) is 7.23. The maximum atomic E-state index is 3.78. The first-order valence-corrected chi connectivity index (χ1v) is 7.23. The molecule has 2 aliphatic rings. The van der Waals surface area contributed by atoms with Crippen LogP contribution in [-0.4, -0.2) is 36.6 Å². The van der Waals surface area contributed by atoms with E-state index in [4.69, 9.17) is 0 Å². The highest BCUT2D eigenvalue weighted by Crippen LogP contribution is 2.40. The molecule has 2 heteroatoms. The van der Waals surface area contributed by atoms with Gasteiger partial charge in [-0.15, -0.1) is 6.58 Å². The molecule has 0 aromatic carbocycles. The van der Waals surface area contributed by atoms with Crippen molar-refractivity contribution in [1.29, 1.82) is 0 Å². The molecular formula is C15H28N2. The summed E-state index contributed by atoms with van der Waals surface area (Å²) in [5.41, 5.74) is 0.409. The van der Waals surface area contributed by atoms with Crippen molar-refractivity contribution < 1.29 is 0 Å². The molecule has 0 radical (unpaired) electrons. The molecule has 1 N–H and O–H groups in total. The lowest BCUT2D eigenvalue weighted by Gasteiger charge is -2.35. The quantitative estimate of drug-likeness (QED) is 0.563. The lowest BCUT2D eigenvalue weighted by atomic mass is 9.85. The smallest absolute Gasteiger partial charge is 0.0197 e. The molecule has 2 atom stereocenters. The Morgan fingerprint density at radius 3 is 2.82 bits per heavy atom. The molecule has 2 unspecified atom stereocenters. The van der Waals surface area contributed by atoms with Crippen LogP contribution in [0.4, 0.5) is 0 Å². The molecule has 0 amide bonds. The lowest BCUT2D eigenvalue weighted by Crippen LogP contribution is -2.44. The summed E-state index contributed by atoms with van der Waals surface area (Å²) >= 11 is 0. The zero-order valence-electron chi connectivity index (χ0n) is 11.5. The third-order valence-corrected chi connectivity index (χ3v) is 4.85. The number of fused-ring (bicyclic) bond motifs is 1. The van der Waals surface area contributed by atoms with Gasteiger partial charge in [-0.25, -0.2) is 0 Å². The summed E-state index contributed by atoms with van der Waals surface area (Å²) in [7, 11) is 0. The summed E-state index contributed by atoms with van der Waals surface area (Å²) < 4.78 is 0. The monoisotopic (exact) mass is 236 g/mol. The largest absolute Gasteiger partial charge is 0.316 e. The van der Waals surface area contributed by atoms with Crippen LogP contribution < -0.4 is 5.32 Å². The minimum absolute atomic E-state index is 0.409. The molecule has 17 heavy (non-hydrogen) atoms. The first-order valence-electron chi connectivity index (χ1n) is 7.23. The van der Waals surface area contributed by atoms with Crippen LogP contribution in [0.15, 0.2) is 12.7 Å². The second-order valence-electron chi connectivity index (χ2n) is 6.26. The molecule has 2 nitrogen and oxygen atoms in total. The van der Waals surface area contributed by atoms with E-state index < -0.39 is 0 Å². The third-order valence-electron chi connectivity index (χ3n) is 4.85. The first-order chi connectivity index (χ1) is 8.16. The number of rotatable bonds is 6. The second kappa shape index (κ2) is 5.53. The Labute approximate surface area is 106 Å². The van der Waals surface area contributed by atoms with Crippen LogP contribution in [0.2, 0.25) is 0 Å². The van der Waals surface area contributed by atoms with Gasteiger partial charge >= 0.3 is 0 Å². The molecule has 2 rings (SSSR count). The van der Waals surface area contributed by atoms with E-state index in [1.165, 1.54) is 51.9 Å². The van der Waals surface area contributed by atoms with Crippen molar-refractivity contribution in [2.45, 2.75) is 45.1 Å². The van der Waals surface area contributed by atoms with E-state index in [0.717, 1.165) is 11.8 Å². The molecule has 0 aliphatic carbocycles. The van der Waals surface area contributed by atoms with E-state index in [1.807, 2.05) is 6.08 Å². The van der Waals surface area contributed by atoms with Crippen LogP contribution >= 0.6 is 0 Å². The van der Waals surface area contributed by atoms with E-state index in [-0.39, 0.29) is 0 Å². The van der Waals surface area contributed by atoms with Crippen LogP contribution in [0.1, 0.15) is 39.5 Å². The van der Waals surface area contributed by atoms with Crippen molar-refractivity contribution in [1.82, 2.24) is 10.2 Å². The highest BCUT2D eigenvalue weighted by molar-refractivity contribution is 5.04. The van der Waals surface area contributed by atoms with Crippen molar-refractivity contribution >= 4 is 0 Å². The van der Waals surface area contributed by atoms with Crippen LogP contribution in [0.5, 0.6) is 0 Å². The molecular weight excluding hydrogens is 208 g/mol. The third kappa shape index (κ3) is 2.74. The SMILES string of the molecule is C=CCCCCCN1CC2CNCC2C1(C)C. The average molecular weight is 236 g/mol. The van der Waals surface area contributed by atoms with Gasteiger partial charge < -0.3 is 5.32 Å². The molecule has 0 aromatic heterocycles. The minimum atomic E-state index is 0.409. The van der Waals surface area contributed by atoms with Crippen LogP contribution in [0.25, 0.3) is 0 Å². The van der Waals surface area contributed by atoms with Gasteiger partial charge in [-0.2, -0.15) is 0 Å². The number of allylic oxidation sites excluding steroid dienone is 1. The highest BCUT2D eigenvalue weighted by atomic mass is 15.2. The van der Waals surface area contributed by atoms with E-state index in [2.05, 4.69) is 30.6 Å². The maximum Gasteiger partial charge on any atom is 0.0197 e. The molecule has 98 valence electrons. The minimum Gasteiger partial charge on any atom is -0.316 e. The van der Waals surface area contributed by atoms with Gasteiger partial charge in [0.25, 0.3) is 0 Å². The number of hydrogen-bond acceptors (Lipinski definition) is 2. The topological polar surface area (TPSA) is 15.3 Å². The normalized spacial score (nSPS) is 31.6. The fraction of sp³-hybridized carbons (Fsp3) is 0.867. The molecule has 2 saturated heterocycles. The van der Waals surface area contributed by atoms with Crippen molar-refractivity contribution in [3.05, 3.63) is 12.7 Å². The van der Waals surface area contributed by atoms with Gasteiger partial charge in [0.15, 0.2) is 0 Å². The maximum absolute atomic E-state index is 3.78. The van der Waals surface area contributed by atoms with Crippen LogP contribution in [-0.2, 0) is 0 Å². The number of nitrogens with zero attached hydrogens (tertiary/aromatic N) is 1. The number of unbranched alkanes of at least 4 members (excludes halogenated alkanes) is 3. The molecule has 2 aliphatic heterocycles. The van der Waals surface area contributed by atoms with Gasteiger partial charge in [-0.3, -0.25) is 4.90 Å². The first kappa shape index (κ1) is 13.1. The molecule has 0 bridgehead atoms. The second-order valence-corrected chi connectivity index (χ2v) is 6.26. The van der Waals surface area contributed by atoms with E-state index in [0.29, 0.717) is 5.54 Å². The van der Waals surface area contributed by atoms with Crippen molar-refractivity contribution in [2.24, 2.45) is 11.8 Å². The predicted molar refractivity (Wildman–Crippen MR) is 74.2 cm³/mol. The van der Waals surface area contributed by atoms with Crippen molar-refractivity contribution in [2.75, 3.05) is 26.2 Å². The van der Waals surface area contributed by atoms with Crippen LogP contribution in [0.3, 0.4) is 0 Å². The van der Waals surface area contributed by atoms with Gasteiger partial charge in [0, 0.05) is 18.6 Å². The summed E-state index contributed by atoms with van der Waals surface area (Å²) in [5, 5.41) is 3.55. The van der Waals surface area contributed by atoms with Gasteiger partial charge in [0.1, 0.15) is 0 Å². The van der Waals surface area contributed by atoms with Gasteiger partial charge in [-0.05, 0) is 58.0 Å². The molecule has 0 aromatic rings. The van der Waals surface area contributed by atoms with Crippen LogP contribution in [0, 0.1) is 11.8 Å². The van der Waals surface area contributed by atoms with E-state index in [1.54, 1.807) is 0 Å². The zero-order chi connectivity index (χ0) is 12.3. The molecule has 0 saturated carbocycles. The number of hydrogen-bond donors (Lipinski definition) is 1. The fourth-order valence-corrected chi connectivity index (χ4v) is 3.65. The number of nitrogens with one attached hydrogen (secondary N) is 1. The Kier molecular flexibility index (Phi) is 4.26. The lowest BCUT2D eigenvalue weighted by molar-refractivity contribution is 0.137. The standard InChI is InChI=1S/C15H28N2/c1-4-5-6-7-8-9-17-12-13-10-16-11-14(13)15(17,2)3/h4,13-14,16H,1,5-12H2,2-3H3. The Morgan fingerprint density at radius 1 is 1.29 bits per heavy atom. The molecule has 2 heterocycles. The Hall–Kier alpha value is -0.340. The zero-order valence-corrected chi connectivity index (χ0v) is 11.5. The summed E-state index contributed by atoms with van der Waals surface area (Å²) in [6, 6.07) is 0.